The zero-order valence-corrected chi connectivity index (χ0v) is 14.4. The number of H-pyrrole nitrogens is 1. The van der Waals surface area contributed by atoms with Crippen molar-refractivity contribution in [3.63, 3.8) is 0 Å². The molecule has 4 aromatic rings. The molecular formula is C19H17N5O2. The lowest BCUT2D eigenvalue weighted by Crippen LogP contribution is -1.94. The minimum absolute atomic E-state index is 0.468. The molecule has 0 bridgehead atoms. The summed E-state index contributed by atoms with van der Waals surface area (Å²) in [6.07, 6.45) is 3.49. The number of pyridine rings is 2. The van der Waals surface area contributed by atoms with Gasteiger partial charge in [0.15, 0.2) is 17.1 Å². The fourth-order valence-corrected chi connectivity index (χ4v) is 2.94. The number of hydrogen-bond donors (Lipinski definition) is 2. The second-order valence-electron chi connectivity index (χ2n) is 5.70. The molecule has 4 rings (SSSR count). The average Bonchev–Trinajstić information content (AvgIpc) is 3.08. The Morgan fingerprint density at radius 1 is 1.00 bits per heavy atom. The molecule has 0 saturated carbocycles. The number of ether oxygens (including phenoxy) is 2. The van der Waals surface area contributed by atoms with E-state index in [9.17, 15) is 0 Å². The molecule has 0 fully saturated rings. The van der Waals surface area contributed by atoms with Gasteiger partial charge >= 0.3 is 0 Å². The number of fused-ring (bicyclic) bond motifs is 1. The summed E-state index contributed by atoms with van der Waals surface area (Å²) in [5, 5.41) is 7.81. The first-order valence-electron chi connectivity index (χ1n) is 7.98. The number of anilines is 1. The standard InChI is InChI=1S/C19H17N5O2/c1-25-15-6-5-11(8-16(15)26-2)13-9-14(12-4-3-7-21-10-12)22-19-17(13)18(20)23-24-19/h3-10H,1-2H3,(H3,20,22,23,24). The SMILES string of the molecule is COc1ccc(-c2cc(-c3cccnc3)nc3n[nH]c(N)c23)cc1OC. The Bertz CT molecular complexity index is 1080. The van der Waals surface area contributed by atoms with Gasteiger partial charge in [-0.15, -0.1) is 0 Å². The van der Waals surface area contributed by atoms with Crippen molar-refractivity contribution in [3.8, 4) is 33.9 Å². The van der Waals surface area contributed by atoms with Crippen molar-refractivity contribution >= 4 is 16.9 Å². The van der Waals surface area contributed by atoms with Crippen molar-refractivity contribution in [1.29, 1.82) is 0 Å². The zero-order chi connectivity index (χ0) is 18.1. The van der Waals surface area contributed by atoms with Crippen LogP contribution in [0.3, 0.4) is 0 Å². The smallest absolute Gasteiger partial charge is 0.184 e. The Kier molecular flexibility index (Phi) is 3.89. The number of nitrogens with one attached hydrogen (secondary N) is 1. The van der Waals surface area contributed by atoms with E-state index in [1.165, 1.54) is 0 Å². The summed E-state index contributed by atoms with van der Waals surface area (Å²) >= 11 is 0. The molecule has 130 valence electrons. The number of rotatable bonds is 4. The minimum atomic E-state index is 0.468. The Morgan fingerprint density at radius 3 is 2.58 bits per heavy atom. The highest BCUT2D eigenvalue weighted by atomic mass is 16.5. The summed E-state index contributed by atoms with van der Waals surface area (Å²) in [5.74, 6) is 1.77. The highest BCUT2D eigenvalue weighted by Gasteiger charge is 2.16. The monoisotopic (exact) mass is 347 g/mol. The van der Waals surface area contributed by atoms with Crippen LogP contribution < -0.4 is 15.2 Å². The zero-order valence-electron chi connectivity index (χ0n) is 14.4. The van der Waals surface area contributed by atoms with Crippen molar-refractivity contribution in [2.45, 2.75) is 0 Å². The number of nitrogens with zero attached hydrogens (tertiary/aromatic N) is 3. The van der Waals surface area contributed by atoms with Crippen molar-refractivity contribution in [3.05, 3.63) is 48.8 Å². The first-order chi connectivity index (χ1) is 12.7. The second-order valence-corrected chi connectivity index (χ2v) is 5.70. The first-order valence-corrected chi connectivity index (χ1v) is 7.98. The molecule has 3 heterocycles. The van der Waals surface area contributed by atoms with Crippen molar-refractivity contribution < 1.29 is 9.47 Å². The second kappa shape index (κ2) is 6.36. The molecular weight excluding hydrogens is 330 g/mol. The van der Waals surface area contributed by atoms with Crippen molar-refractivity contribution in [2.75, 3.05) is 20.0 Å². The molecule has 7 nitrogen and oxygen atoms in total. The molecule has 0 radical (unpaired) electrons. The highest BCUT2D eigenvalue weighted by molar-refractivity contribution is 6.01. The van der Waals surface area contributed by atoms with Crippen LogP contribution in [-0.4, -0.2) is 34.4 Å². The first kappa shape index (κ1) is 15.9. The molecule has 0 aliphatic heterocycles. The summed E-state index contributed by atoms with van der Waals surface area (Å²) in [6, 6.07) is 11.5. The fourth-order valence-electron chi connectivity index (χ4n) is 2.94. The van der Waals surface area contributed by atoms with Gasteiger partial charge in [-0.3, -0.25) is 10.1 Å². The lowest BCUT2D eigenvalue weighted by atomic mass is 10.00. The van der Waals surface area contributed by atoms with Gasteiger partial charge in [0.1, 0.15) is 5.82 Å². The quantitative estimate of drug-likeness (QED) is 0.588. The Labute approximate surface area is 149 Å². The summed E-state index contributed by atoms with van der Waals surface area (Å²) in [5.41, 5.74) is 10.1. The van der Waals surface area contributed by atoms with Crippen LogP contribution in [0.25, 0.3) is 33.4 Å². The molecule has 0 amide bonds. The third-order valence-electron chi connectivity index (χ3n) is 4.20. The average molecular weight is 347 g/mol. The van der Waals surface area contributed by atoms with E-state index < -0.39 is 0 Å². The minimum Gasteiger partial charge on any atom is -0.493 e. The van der Waals surface area contributed by atoms with Gasteiger partial charge in [-0.25, -0.2) is 4.98 Å². The van der Waals surface area contributed by atoms with Crippen LogP contribution >= 0.6 is 0 Å². The van der Waals surface area contributed by atoms with E-state index in [1.807, 2.05) is 36.4 Å². The number of hydrogen-bond acceptors (Lipinski definition) is 6. The third kappa shape index (κ3) is 2.59. The van der Waals surface area contributed by atoms with E-state index in [0.717, 1.165) is 27.8 Å². The number of methoxy groups -OCH3 is 2. The molecule has 7 heteroatoms. The molecule has 0 aliphatic carbocycles. The lowest BCUT2D eigenvalue weighted by molar-refractivity contribution is 0.355. The highest BCUT2D eigenvalue weighted by Crippen LogP contribution is 2.38. The molecule has 0 atom stereocenters. The van der Waals surface area contributed by atoms with Gasteiger partial charge in [0.05, 0.1) is 25.3 Å². The van der Waals surface area contributed by atoms with Gasteiger partial charge in [-0.1, -0.05) is 6.07 Å². The molecule has 0 aliphatic rings. The largest absolute Gasteiger partial charge is 0.493 e. The van der Waals surface area contributed by atoms with Crippen LogP contribution in [0.4, 0.5) is 5.82 Å². The van der Waals surface area contributed by atoms with Crippen LogP contribution in [0.1, 0.15) is 0 Å². The third-order valence-corrected chi connectivity index (χ3v) is 4.20. The van der Waals surface area contributed by atoms with Gasteiger partial charge in [-0.05, 0) is 41.5 Å². The number of benzene rings is 1. The van der Waals surface area contributed by atoms with E-state index >= 15 is 0 Å². The van der Waals surface area contributed by atoms with Gasteiger partial charge in [0.25, 0.3) is 0 Å². The molecule has 0 unspecified atom stereocenters. The van der Waals surface area contributed by atoms with Crippen LogP contribution in [0.15, 0.2) is 48.8 Å². The van der Waals surface area contributed by atoms with Gasteiger partial charge in [0, 0.05) is 18.0 Å². The van der Waals surface area contributed by atoms with Gasteiger partial charge < -0.3 is 15.2 Å². The molecule has 1 aromatic carbocycles. The maximum atomic E-state index is 6.10. The number of aromatic amines is 1. The molecule has 3 aromatic heterocycles. The normalized spacial score (nSPS) is 10.8. The van der Waals surface area contributed by atoms with E-state index in [0.29, 0.717) is 23.0 Å². The Morgan fingerprint density at radius 2 is 1.85 bits per heavy atom. The number of nitrogens with two attached hydrogens (primary N) is 1. The Balaban J connectivity index is 1.98. The van der Waals surface area contributed by atoms with E-state index in [4.69, 9.17) is 15.2 Å². The van der Waals surface area contributed by atoms with E-state index in [2.05, 4.69) is 20.2 Å². The van der Waals surface area contributed by atoms with Crippen molar-refractivity contribution in [1.82, 2.24) is 20.2 Å². The van der Waals surface area contributed by atoms with Gasteiger partial charge in [0.2, 0.25) is 0 Å². The number of aromatic nitrogens is 4. The van der Waals surface area contributed by atoms with Gasteiger partial charge in [-0.2, -0.15) is 5.10 Å². The summed E-state index contributed by atoms with van der Waals surface area (Å²) in [4.78, 5) is 8.78. The fraction of sp³-hybridized carbons (Fsp3) is 0.105. The van der Waals surface area contributed by atoms with Crippen LogP contribution in [-0.2, 0) is 0 Å². The van der Waals surface area contributed by atoms with Crippen LogP contribution in [0.5, 0.6) is 11.5 Å². The topological polar surface area (TPSA) is 98.9 Å². The molecule has 0 saturated heterocycles. The molecule has 0 spiro atoms. The molecule has 26 heavy (non-hydrogen) atoms. The summed E-state index contributed by atoms with van der Waals surface area (Å²) < 4.78 is 10.8. The maximum Gasteiger partial charge on any atom is 0.184 e. The lowest BCUT2D eigenvalue weighted by Gasteiger charge is -2.11. The van der Waals surface area contributed by atoms with Crippen LogP contribution in [0, 0.1) is 0 Å². The molecule has 3 N–H and O–H groups in total. The number of nitrogen functional groups attached to an aromatic ring is 1. The van der Waals surface area contributed by atoms with Crippen LogP contribution in [0.2, 0.25) is 0 Å². The predicted molar refractivity (Wildman–Crippen MR) is 100 cm³/mol. The van der Waals surface area contributed by atoms with Crippen molar-refractivity contribution in [2.24, 2.45) is 0 Å². The summed E-state index contributed by atoms with van der Waals surface area (Å²) in [7, 11) is 3.22. The van der Waals surface area contributed by atoms with E-state index in [1.54, 1.807) is 26.6 Å². The Hall–Kier alpha value is -3.61. The van der Waals surface area contributed by atoms with E-state index in [-0.39, 0.29) is 0 Å². The predicted octanol–water partition coefficient (Wildman–Crippen LogP) is 3.29. The maximum absolute atomic E-state index is 6.10. The summed E-state index contributed by atoms with van der Waals surface area (Å²) in [6.45, 7) is 0.